The van der Waals surface area contributed by atoms with E-state index in [-0.39, 0.29) is 0 Å². The van der Waals surface area contributed by atoms with E-state index in [1.165, 1.54) is 42.5 Å². The van der Waals surface area contributed by atoms with Gasteiger partial charge in [0, 0.05) is 38.5 Å². The van der Waals surface area contributed by atoms with Crippen LogP contribution in [0.4, 0.5) is 0 Å². The number of hydrogen-bond acceptors (Lipinski definition) is 3. The molecule has 0 N–H and O–H groups in total. The molecule has 180 valence electrons. The Labute approximate surface area is 224 Å². The van der Waals surface area contributed by atoms with Gasteiger partial charge in [0.25, 0.3) is 0 Å². The zero-order chi connectivity index (χ0) is 25.1. The number of allylic oxidation sites excluding steroid dienone is 1. The van der Waals surface area contributed by atoms with E-state index >= 15 is 0 Å². The van der Waals surface area contributed by atoms with Crippen LogP contribution in [0, 0.1) is 0 Å². The SMILES string of the molecule is C1=Cc2c(n(-c3cc(-c4ccccc4)cc(-c4ccccc4)n3)c3c2cnc2c4ccccc4sc23)CC1. The van der Waals surface area contributed by atoms with Crippen molar-refractivity contribution in [2.75, 3.05) is 0 Å². The van der Waals surface area contributed by atoms with Gasteiger partial charge in [-0.25, -0.2) is 4.98 Å². The molecule has 3 nitrogen and oxygen atoms in total. The van der Waals surface area contributed by atoms with E-state index in [4.69, 9.17) is 9.97 Å². The van der Waals surface area contributed by atoms with Gasteiger partial charge in [0.15, 0.2) is 0 Å². The van der Waals surface area contributed by atoms with Crippen LogP contribution >= 0.6 is 11.3 Å². The summed E-state index contributed by atoms with van der Waals surface area (Å²) in [5.74, 6) is 0.955. The largest absolute Gasteiger partial charge is 0.296 e. The normalized spacial score (nSPS) is 12.9. The average Bonchev–Trinajstić information content (AvgIpc) is 3.54. The van der Waals surface area contributed by atoms with Crippen LogP contribution in [0.25, 0.3) is 65.5 Å². The van der Waals surface area contributed by atoms with Crippen LogP contribution in [0.2, 0.25) is 0 Å². The van der Waals surface area contributed by atoms with Crippen LogP contribution in [-0.4, -0.2) is 14.5 Å². The molecule has 0 radical (unpaired) electrons. The number of fused-ring (bicyclic) bond motifs is 7. The molecule has 0 spiro atoms. The summed E-state index contributed by atoms with van der Waals surface area (Å²) in [6.07, 6.45) is 8.63. The van der Waals surface area contributed by atoms with Crippen molar-refractivity contribution in [2.45, 2.75) is 12.8 Å². The van der Waals surface area contributed by atoms with Crippen molar-refractivity contribution in [3.05, 3.63) is 121 Å². The summed E-state index contributed by atoms with van der Waals surface area (Å²) in [5.41, 5.74) is 9.31. The second-order valence-corrected chi connectivity index (χ2v) is 10.8. The number of thiophene rings is 1. The minimum absolute atomic E-state index is 0.955. The maximum Gasteiger partial charge on any atom is 0.138 e. The van der Waals surface area contributed by atoms with Gasteiger partial charge >= 0.3 is 0 Å². The van der Waals surface area contributed by atoms with Gasteiger partial charge in [-0.3, -0.25) is 9.55 Å². The highest BCUT2D eigenvalue weighted by molar-refractivity contribution is 7.26. The second kappa shape index (κ2) is 8.51. The van der Waals surface area contributed by atoms with E-state index in [0.29, 0.717) is 0 Å². The molecule has 0 bridgehead atoms. The zero-order valence-electron chi connectivity index (χ0n) is 20.6. The lowest BCUT2D eigenvalue weighted by Crippen LogP contribution is -2.06. The fraction of sp³-hybridized carbons (Fsp3) is 0.0588. The lowest BCUT2D eigenvalue weighted by atomic mass is 10.0. The minimum atomic E-state index is 0.955. The molecule has 3 aromatic carbocycles. The summed E-state index contributed by atoms with van der Waals surface area (Å²) >= 11 is 1.83. The molecule has 0 aliphatic heterocycles. The summed E-state index contributed by atoms with van der Waals surface area (Å²) in [5, 5.41) is 2.41. The van der Waals surface area contributed by atoms with Crippen LogP contribution in [-0.2, 0) is 6.42 Å². The predicted molar refractivity (Wildman–Crippen MR) is 160 cm³/mol. The lowest BCUT2D eigenvalue weighted by molar-refractivity contribution is 0.874. The molecule has 1 aliphatic rings. The smallest absolute Gasteiger partial charge is 0.138 e. The first kappa shape index (κ1) is 21.5. The Balaban J connectivity index is 1.50. The molecule has 4 heteroatoms. The van der Waals surface area contributed by atoms with E-state index in [2.05, 4.69) is 120 Å². The molecule has 4 aromatic heterocycles. The highest BCUT2D eigenvalue weighted by atomic mass is 32.1. The van der Waals surface area contributed by atoms with Crippen molar-refractivity contribution < 1.29 is 0 Å². The highest BCUT2D eigenvalue weighted by Crippen LogP contribution is 2.42. The first-order valence-electron chi connectivity index (χ1n) is 13.0. The average molecular weight is 506 g/mol. The van der Waals surface area contributed by atoms with Gasteiger partial charge in [-0.2, -0.15) is 0 Å². The van der Waals surface area contributed by atoms with Crippen LogP contribution in [0.5, 0.6) is 0 Å². The van der Waals surface area contributed by atoms with E-state index in [0.717, 1.165) is 41.0 Å². The monoisotopic (exact) mass is 505 g/mol. The van der Waals surface area contributed by atoms with Gasteiger partial charge in [0.2, 0.25) is 0 Å². The molecule has 0 amide bonds. The van der Waals surface area contributed by atoms with Gasteiger partial charge in [-0.15, -0.1) is 11.3 Å². The van der Waals surface area contributed by atoms with Gasteiger partial charge in [-0.1, -0.05) is 91.0 Å². The minimum Gasteiger partial charge on any atom is -0.296 e. The van der Waals surface area contributed by atoms with E-state index < -0.39 is 0 Å². The molecular weight excluding hydrogens is 482 g/mol. The third kappa shape index (κ3) is 3.27. The van der Waals surface area contributed by atoms with Crippen molar-refractivity contribution in [2.24, 2.45) is 0 Å². The Bertz CT molecular complexity index is 1960. The molecule has 0 atom stereocenters. The Hall–Kier alpha value is -4.54. The summed E-state index contributed by atoms with van der Waals surface area (Å²) in [6.45, 7) is 0. The van der Waals surface area contributed by atoms with Crippen molar-refractivity contribution in [1.29, 1.82) is 0 Å². The quantitative estimate of drug-likeness (QED) is 0.240. The van der Waals surface area contributed by atoms with Crippen molar-refractivity contribution >= 4 is 48.6 Å². The summed E-state index contributed by atoms with van der Waals surface area (Å²) < 4.78 is 4.91. The second-order valence-electron chi connectivity index (χ2n) is 9.76. The molecule has 0 saturated carbocycles. The summed E-state index contributed by atoms with van der Waals surface area (Å²) in [4.78, 5) is 10.3. The summed E-state index contributed by atoms with van der Waals surface area (Å²) in [7, 11) is 0. The van der Waals surface area contributed by atoms with Crippen molar-refractivity contribution in [3.8, 4) is 28.2 Å². The van der Waals surface area contributed by atoms with Crippen LogP contribution < -0.4 is 0 Å². The Kier molecular flexibility index (Phi) is 4.82. The first-order valence-corrected chi connectivity index (χ1v) is 13.8. The first-order chi connectivity index (χ1) is 18.8. The fourth-order valence-electron chi connectivity index (χ4n) is 5.75. The van der Waals surface area contributed by atoms with E-state index in [9.17, 15) is 0 Å². The maximum absolute atomic E-state index is 5.31. The highest BCUT2D eigenvalue weighted by Gasteiger charge is 2.24. The van der Waals surface area contributed by atoms with Crippen LogP contribution in [0.3, 0.4) is 0 Å². The maximum atomic E-state index is 5.31. The van der Waals surface area contributed by atoms with E-state index in [1.54, 1.807) is 0 Å². The third-order valence-corrected chi connectivity index (χ3v) is 8.67. The number of hydrogen-bond donors (Lipinski definition) is 0. The number of rotatable bonds is 3. The molecule has 38 heavy (non-hydrogen) atoms. The topological polar surface area (TPSA) is 30.7 Å². The third-order valence-electron chi connectivity index (χ3n) is 7.51. The molecular formula is C34H23N3S. The molecule has 7 aromatic rings. The van der Waals surface area contributed by atoms with Crippen molar-refractivity contribution in [1.82, 2.24) is 14.5 Å². The van der Waals surface area contributed by atoms with Gasteiger partial charge in [0.05, 0.1) is 21.4 Å². The Morgan fingerprint density at radius 1 is 0.737 bits per heavy atom. The number of pyridine rings is 2. The Morgan fingerprint density at radius 3 is 2.34 bits per heavy atom. The molecule has 1 aliphatic carbocycles. The van der Waals surface area contributed by atoms with Gasteiger partial charge in [0.1, 0.15) is 5.82 Å². The lowest BCUT2D eigenvalue weighted by Gasteiger charge is -2.16. The number of benzene rings is 3. The van der Waals surface area contributed by atoms with Gasteiger partial charge in [-0.05, 0) is 42.2 Å². The van der Waals surface area contributed by atoms with Crippen molar-refractivity contribution in [3.63, 3.8) is 0 Å². The van der Waals surface area contributed by atoms with Crippen LogP contribution in [0.1, 0.15) is 17.7 Å². The molecule has 0 fully saturated rings. The number of aromatic nitrogens is 3. The molecule has 8 rings (SSSR count). The molecule has 4 heterocycles. The predicted octanol–water partition coefficient (Wildman–Crippen LogP) is 9.08. The standard InChI is InChI=1S/C34H23N3S/c1-3-11-22(12-4-1)24-19-28(23-13-5-2-6-14-23)36-31(20-24)37-29-17-9-7-15-25(29)27-21-35-32-26-16-8-10-18-30(26)38-34(32)33(27)37/h1-8,10-16,18-21H,9,17H2. The fourth-order valence-corrected chi connectivity index (χ4v) is 6.95. The zero-order valence-corrected chi connectivity index (χ0v) is 21.5. The number of nitrogens with zero attached hydrogens (tertiary/aromatic N) is 3. The summed E-state index contributed by atoms with van der Waals surface area (Å²) in [6, 6.07) is 34.2. The Morgan fingerprint density at radius 2 is 1.50 bits per heavy atom. The van der Waals surface area contributed by atoms with Gasteiger partial charge < -0.3 is 0 Å². The molecule has 0 unspecified atom stereocenters. The van der Waals surface area contributed by atoms with Crippen LogP contribution in [0.15, 0.2) is 109 Å². The van der Waals surface area contributed by atoms with E-state index in [1.807, 2.05) is 11.3 Å². The molecule has 0 saturated heterocycles.